The van der Waals surface area contributed by atoms with E-state index < -0.39 is 28.7 Å². The van der Waals surface area contributed by atoms with Crippen LogP contribution in [0.5, 0.6) is 0 Å². The lowest BCUT2D eigenvalue weighted by atomic mass is 9.65. The van der Waals surface area contributed by atoms with Crippen LogP contribution in [-0.4, -0.2) is 88.5 Å². The minimum atomic E-state index is -0.887. The van der Waals surface area contributed by atoms with Crippen LogP contribution in [0.3, 0.4) is 0 Å². The normalized spacial score (nSPS) is 27.2. The highest BCUT2D eigenvalue weighted by Crippen LogP contribution is 2.69. The zero-order valence-corrected chi connectivity index (χ0v) is 27.7. The van der Waals surface area contributed by atoms with Crippen LogP contribution in [0, 0.1) is 17.8 Å². The van der Waals surface area contributed by atoms with Crippen molar-refractivity contribution in [1.82, 2.24) is 9.80 Å². The lowest BCUT2D eigenvalue weighted by Crippen LogP contribution is -2.58. The van der Waals surface area contributed by atoms with Crippen LogP contribution < -0.4 is 9.80 Å². The third kappa shape index (κ3) is 5.37. The molecule has 45 heavy (non-hydrogen) atoms. The third-order valence-corrected chi connectivity index (χ3v) is 12.1. The number of benzene rings is 2. The first-order valence-corrected chi connectivity index (χ1v) is 16.9. The molecular formula is C36H46N4O4S. The molecule has 3 aliphatic rings. The molecule has 8 nitrogen and oxygen atoms in total. The predicted octanol–water partition coefficient (Wildman–Crippen LogP) is 4.77. The second-order valence-corrected chi connectivity index (χ2v) is 13.9. The van der Waals surface area contributed by atoms with Gasteiger partial charge in [-0.05, 0) is 56.0 Å². The summed E-state index contributed by atoms with van der Waals surface area (Å²) in [5, 5.41) is 10.8. The molecule has 3 amide bonds. The number of likely N-dealkylation sites (N-methyl/N-ethyl adjacent to an activating group) is 1. The first kappa shape index (κ1) is 32.8. The Labute approximate surface area is 271 Å². The number of anilines is 2. The number of amides is 3. The number of likely N-dealkylation sites (tertiary alicyclic amines) is 1. The number of thioether (sulfide) groups is 1. The van der Waals surface area contributed by atoms with Gasteiger partial charge in [0.1, 0.15) is 6.04 Å². The molecule has 3 saturated heterocycles. The minimum Gasteiger partial charge on any atom is -0.394 e. The Hall–Kier alpha value is -3.56. The maximum atomic E-state index is 15.1. The van der Waals surface area contributed by atoms with Crippen LogP contribution >= 0.6 is 11.8 Å². The number of carbonyl (C=O) groups excluding carboxylic acids is 3. The van der Waals surface area contributed by atoms with Crippen LogP contribution in [0.25, 0.3) is 0 Å². The summed E-state index contributed by atoms with van der Waals surface area (Å²) in [7, 11) is 1.74. The zero-order valence-electron chi connectivity index (χ0n) is 26.8. The summed E-state index contributed by atoms with van der Waals surface area (Å²) in [6.07, 6.45) is 4.12. The quantitative estimate of drug-likeness (QED) is 0.321. The Kier molecular flexibility index (Phi) is 9.80. The van der Waals surface area contributed by atoms with Gasteiger partial charge in [0.15, 0.2) is 0 Å². The number of aliphatic hydroxyl groups is 1. The molecular weight excluding hydrogens is 584 g/mol. The smallest absolute Gasteiger partial charge is 0.251 e. The molecule has 3 heterocycles. The van der Waals surface area contributed by atoms with E-state index in [9.17, 15) is 14.7 Å². The van der Waals surface area contributed by atoms with E-state index in [0.29, 0.717) is 12.2 Å². The number of hydrogen-bond donors (Lipinski definition) is 1. The van der Waals surface area contributed by atoms with Crippen molar-refractivity contribution in [3.8, 4) is 0 Å². The van der Waals surface area contributed by atoms with Gasteiger partial charge in [0.2, 0.25) is 11.8 Å². The highest BCUT2D eigenvalue weighted by atomic mass is 32.2. The summed E-state index contributed by atoms with van der Waals surface area (Å²) in [4.78, 5) is 51.1. The molecule has 0 radical (unpaired) electrons. The van der Waals surface area contributed by atoms with Crippen molar-refractivity contribution in [3.63, 3.8) is 0 Å². The Morgan fingerprint density at radius 1 is 1.02 bits per heavy atom. The predicted molar refractivity (Wildman–Crippen MR) is 182 cm³/mol. The lowest BCUT2D eigenvalue weighted by molar-refractivity contribution is -0.145. The third-order valence-electron chi connectivity index (χ3n) is 10.0. The van der Waals surface area contributed by atoms with Crippen molar-refractivity contribution in [2.24, 2.45) is 17.8 Å². The number of carbonyl (C=O) groups is 3. The van der Waals surface area contributed by atoms with E-state index >= 15 is 4.79 Å². The molecule has 2 bridgehead atoms. The van der Waals surface area contributed by atoms with E-state index in [2.05, 4.69) is 38.8 Å². The van der Waals surface area contributed by atoms with Gasteiger partial charge in [0.05, 0.1) is 29.2 Å². The van der Waals surface area contributed by atoms with Gasteiger partial charge in [0.25, 0.3) is 5.91 Å². The Morgan fingerprint density at radius 3 is 2.22 bits per heavy atom. The van der Waals surface area contributed by atoms with Gasteiger partial charge in [-0.3, -0.25) is 14.4 Å². The van der Waals surface area contributed by atoms with Crippen molar-refractivity contribution in [2.45, 2.75) is 49.3 Å². The Bertz CT molecular complexity index is 1410. The fourth-order valence-corrected chi connectivity index (χ4v) is 10.4. The van der Waals surface area contributed by atoms with Crippen molar-refractivity contribution >= 4 is 40.9 Å². The summed E-state index contributed by atoms with van der Waals surface area (Å²) in [5.41, 5.74) is 2.53. The van der Waals surface area contributed by atoms with Gasteiger partial charge < -0.3 is 24.7 Å². The standard InChI is InChI=1S/C36H46N4O4S/c1-7-20-37(6)33(42)30-29-22-24(5)36(45-29)31(30)34(43)40(28(23-41)25-14-12-11-13-15-25)32(36)35(44)39(21-8-2)27-18-16-26(17-19-27)38(9-3)10-4/h7-8,11-19,24,28-32,41H,1-2,9-10,20-23H2,3-6H3/t24?,28-,29+,30-,31+,32?,36?/m1/s1. The molecule has 1 spiro atoms. The van der Waals surface area contributed by atoms with E-state index in [1.165, 1.54) is 0 Å². The monoisotopic (exact) mass is 630 g/mol. The highest BCUT2D eigenvalue weighted by molar-refractivity contribution is 8.02. The number of fused-ring (bicyclic) bond motifs is 1. The molecule has 3 fully saturated rings. The van der Waals surface area contributed by atoms with Gasteiger partial charge in [0, 0.05) is 49.9 Å². The number of hydrogen-bond acceptors (Lipinski definition) is 6. The molecule has 9 heteroatoms. The molecule has 3 unspecified atom stereocenters. The zero-order chi connectivity index (χ0) is 32.5. The maximum absolute atomic E-state index is 15.1. The Morgan fingerprint density at radius 2 is 1.64 bits per heavy atom. The van der Waals surface area contributed by atoms with Crippen LogP contribution in [-0.2, 0) is 14.4 Å². The maximum Gasteiger partial charge on any atom is 0.251 e. The van der Waals surface area contributed by atoms with Crippen molar-refractivity contribution in [1.29, 1.82) is 0 Å². The molecule has 5 rings (SSSR count). The average molecular weight is 631 g/mol. The lowest BCUT2D eigenvalue weighted by Gasteiger charge is -2.42. The van der Waals surface area contributed by atoms with Crippen molar-refractivity contribution in [2.75, 3.05) is 49.6 Å². The molecule has 240 valence electrons. The van der Waals surface area contributed by atoms with Gasteiger partial charge in [-0.2, -0.15) is 0 Å². The van der Waals surface area contributed by atoms with E-state index in [0.717, 1.165) is 30.8 Å². The van der Waals surface area contributed by atoms with Crippen LogP contribution in [0.15, 0.2) is 79.9 Å². The SMILES string of the molecule is C=CCN(C)C(=O)[C@@H]1[C@@H]2CC(C)C3(S2)C(C(=O)N(CC=C)c2ccc(N(CC)CC)cc2)N([C@H](CO)c2ccccc2)C(=O)[C@H]13. The molecule has 0 aromatic heterocycles. The molecule has 3 aliphatic heterocycles. The largest absolute Gasteiger partial charge is 0.394 e. The molecule has 0 saturated carbocycles. The number of aliphatic hydroxyl groups excluding tert-OH is 1. The van der Waals surface area contributed by atoms with E-state index in [1.54, 1.807) is 45.7 Å². The molecule has 0 aliphatic carbocycles. The summed E-state index contributed by atoms with van der Waals surface area (Å²) in [6, 6.07) is 15.7. The fourth-order valence-electron chi connectivity index (χ4n) is 7.96. The summed E-state index contributed by atoms with van der Waals surface area (Å²) < 4.78 is -0.822. The van der Waals surface area contributed by atoms with Gasteiger partial charge in [-0.15, -0.1) is 24.9 Å². The highest BCUT2D eigenvalue weighted by Gasteiger charge is 2.77. The van der Waals surface area contributed by atoms with Gasteiger partial charge in [-0.1, -0.05) is 49.4 Å². The van der Waals surface area contributed by atoms with Crippen molar-refractivity contribution in [3.05, 3.63) is 85.5 Å². The summed E-state index contributed by atoms with van der Waals surface area (Å²) >= 11 is 1.64. The topological polar surface area (TPSA) is 84.4 Å². The van der Waals surface area contributed by atoms with Crippen LogP contribution in [0.4, 0.5) is 11.4 Å². The molecule has 7 atom stereocenters. The van der Waals surface area contributed by atoms with E-state index in [4.69, 9.17) is 0 Å². The molecule has 2 aromatic carbocycles. The van der Waals surface area contributed by atoms with E-state index in [-0.39, 0.29) is 42.0 Å². The fraction of sp³-hybridized carbons (Fsp3) is 0.472. The van der Waals surface area contributed by atoms with Crippen LogP contribution in [0.1, 0.15) is 38.8 Å². The summed E-state index contributed by atoms with van der Waals surface area (Å²) in [6.45, 7) is 16.1. The van der Waals surface area contributed by atoms with Crippen LogP contribution in [0.2, 0.25) is 0 Å². The van der Waals surface area contributed by atoms with Gasteiger partial charge >= 0.3 is 0 Å². The first-order valence-electron chi connectivity index (χ1n) is 16.0. The number of rotatable bonds is 13. The second-order valence-electron chi connectivity index (χ2n) is 12.3. The second kappa shape index (κ2) is 13.4. The van der Waals surface area contributed by atoms with Crippen molar-refractivity contribution < 1.29 is 19.5 Å². The minimum absolute atomic E-state index is 0.0000923. The van der Waals surface area contributed by atoms with E-state index in [1.807, 2.05) is 54.6 Å². The summed E-state index contributed by atoms with van der Waals surface area (Å²) in [5.74, 6) is -1.79. The molecule has 1 N–H and O–H groups in total. The van der Waals surface area contributed by atoms with Gasteiger partial charge in [-0.25, -0.2) is 0 Å². The number of nitrogens with zero attached hydrogens (tertiary/aromatic N) is 4. The first-order chi connectivity index (χ1) is 21.7. The Balaban J connectivity index is 1.64. The average Bonchev–Trinajstić information content (AvgIpc) is 3.65. The molecule has 2 aromatic rings.